The summed E-state index contributed by atoms with van der Waals surface area (Å²) < 4.78 is 29.6. The van der Waals surface area contributed by atoms with Crippen molar-refractivity contribution >= 4 is 18.0 Å². The maximum atomic E-state index is 14.2. The van der Waals surface area contributed by atoms with Gasteiger partial charge in [-0.3, -0.25) is 0 Å². The summed E-state index contributed by atoms with van der Waals surface area (Å²) in [5.41, 5.74) is 0.534. The molecule has 0 N–H and O–H groups in total. The molecular weight excluding hydrogens is 327 g/mol. The molecule has 0 amide bonds. The lowest BCUT2D eigenvalue weighted by molar-refractivity contribution is -0.222. The Balaban J connectivity index is 2.05. The van der Waals surface area contributed by atoms with Gasteiger partial charge in [-0.15, -0.1) is 0 Å². The summed E-state index contributed by atoms with van der Waals surface area (Å²) >= 11 is 0. The van der Waals surface area contributed by atoms with Crippen LogP contribution in [0.5, 0.6) is 0 Å². The third-order valence-electron chi connectivity index (χ3n) is 3.65. The Bertz CT molecular complexity index is 656. The van der Waals surface area contributed by atoms with Crippen LogP contribution >= 0.6 is 0 Å². The van der Waals surface area contributed by atoms with Gasteiger partial charge in [-0.25, -0.2) is 14.0 Å². The Morgan fingerprint density at radius 1 is 1.16 bits per heavy atom. The number of esters is 2. The molecule has 25 heavy (non-hydrogen) atoms. The minimum Gasteiger partial charge on any atom is -0.419 e. The average Bonchev–Trinajstić information content (AvgIpc) is 2.51. The van der Waals surface area contributed by atoms with Crippen molar-refractivity contribution in [1.82, 2.24) is 0 Å². The number of hydrogen-bond acceptors (Lipinski definition) is 5. The molecule has 6 heteroatoms. The molecule has 0 aliphatic carbocycles. The maximum Gasteiger partial charge on any atom is 0.348 e. The minimum absolute atomic E-state index is 0.185. The van der Waals surface area contributed by atoms with Gasteiger partial charge in [0.2, 0.25) is 0 Å². The second-order valence-corrected chi connectivity index (χ2v) is 6.35. The van der Waals surface area contributed by atoms with E-state index in [9.17, 15) is 14.0 Å². The molecule has 0 unspecified atom stereocenters. The number of carbonyl (C=O) groups is 2. The van der Waals surface area contributed by atoms with Crippen LogP contribution in [0.15, 0.2) is 23.8 Å². The van der Waals surface area contributed by atoms with Crippen molar-refractivity contribution in [2.45, 2.75) is 52.4 Å². The van der Waals surface area contributed by atoms with Crippen molar-refractivity contribution in [2.24, 2.45) is 0 Å². The Labute approximate surface area is 146 Å². The van der Waals surface area contributed by atoms with Gasteiger partial charge in [0.25, 0.3) is 5.79 Å². The highest BCUT2D eigenvalue weighted by molar-refractivity contribution is 6.18. The Kier molecular flexibility index (Phi) is 6.31. The van der Waals surface area contributed by atoms with Crippen LogP contribution in [0.4, 0.5) is 4.39 Å². The number of unbranched alkanes of at least 4 members (excludes halogenated alkanes) is 2. The number of carbonyl (C=O) groups excluding carboxylic acids is 2. The van der Waals surface area contributed by atoms with Gasteiger partial charge in [-0.2, -0.15) is 0 Å². The minimum atomic E-state index is -1.30. The number of hydrogen-bond donors (Lipinski definition) is 0. The number of benzene rings is 1. The highest BCUT2D eigenvalue weighted by Gasteiger charge is 2.38. The standard InChI is InChI=1S/C19H23FO5/c1-4-5-6-9-23-12-14-8-7-13(11-16(14)20)10-15-17(21)24-19(2,3)25-18(15)22/h7-8,10-11H,4-6,9,12H2,1-3H3. The van der Waals surface area contributed by atoms with Gasteiger partial charge in [0, 0.05) is 26.0 Å². The van der Waals surface area contributed by atoms with Crippen molar-refractivity contribution in [3.05, 3.63) is 40.7 Å². The molecular formula is C19H23FO5. The molecule has 1 heterocycles. The van der Waals surface area contributed by atoms with Gasteiger partial charge in [0.15, 0.2) is 0 Å². The smallest absolute Gasteiger partial charge is 0.348 e. The topological polar surface area (TPSA) is 61.8 Å². The molecule has 2 rings (SSSR count). The SMILES string of the molecule is CCCCCOCc1ccc(C=C2C(=O)OC(C)(C)OC2=O)cc1F. The summed E-state index contributed by atoms with van der Waals surface area (Å²) in [6, 6.07) is 4.43. The molecule has 1 aromatic rings. The number of cyclic esters (lactones) is 2. The third-order valence-corrected chi connectivity index (χ3v) is 3.65. The summed E-state index contributed by atoms with van der Waals surface area (Å²) in [5.74, 6) is -3.33. The Hall–Kier alpha value is -2.21. The van der Waals surface area contributed by atoms with Crippen LogP contribution in [0, 0.1) is 5.82 Å². The van der Waals surface area contributed by atoms with Crippen LogP contribution < -0.4 is 0 Å². The summed E-state index contributed by atoms with van der Waals surface area (Å²) in [7, 11) is 0. The van der Waals surface area contributed by atoms with Gasteiger partial charge >= 0.3 is 11.9 Å². The zero-order valence-corrected chi connectivity index (χ0v) is 14.8. The van der Waals surface area contributed by atoms with Crippen LogP contribution in [0.25, 0.3) is 6.08 Å². The Morgan fingerprint density at radius 3 is 2.44 bits per heavy atom. The van der Waals surface area contributed by atoms with Gasteiger partial charge in [0.05, 0.1) is 6.61 Å². The van der Waals surface area contributed by atoms with E-state index in [4.69, 9.17) is 14.2 Å². The zero-order chi connectivity index (χ0) is 18.4. The van der Waals surface area contributed by atoms with E-state index in [1.807, 2.05) is 0 Å². The molecule has 5 nitrogen and oxygen atoms in total. The van der Waals surface area contributed by atoms with E-state index in [-0.39, 0.29) is 12.2 Å². The molecule has 1 aromatic carbocycles. The molecule has 0 bridgehead atoms. The van der Waals surface area contributed by atoms with Crippen LogP contribution in [0.3, 0.4) is 0 Å². The van der Waals surface area contributed by atoms with Crippen LogP contribution in [-0.2, 0) is 30.4 Å². The predicted octanol–water partition coefficient (Wildman–Crippen LogP) is 3.75. The van der Waals surface area contributed by atoms with Crippen molar-refractivity contribution in [2.75, 3.05) is 6.61 Å². The third kappa shape index (κ3) is 5.39. The first-order valence-electron chi connectivity index (χ1n) is 8.37. The summed E-state index contributed by atoms with van der Waals surface area (Å²) in [6.45, 7) is 5.81. The van der Waals surface area contributed by atoms with Gasteiger partial charge in [-0.05, 0) is 24.1 Å². The fraction of sp³-hybridized carbons (Fsp3) is 0.474. The lowest BCUT2D eigenvalue weighted by Gasteiger charge is -2.29. The van der Waals surface area contributed by atoms with Crippen molar-refractivity contribution in [3.63, 3.8) is 0 Å². The summed E-state index contributed by atoms with van der Waals surface area (Å²) in [4.78, 5) is 23.8. The highest BCUT2D eigenvalue weighted by Crippen LogP contribution is 2.24. The van der Waals surface area contributed by atoms with Crippen molar-refractivity contribution < 1.29 is 28.2 Å². The van der Waals surface area contributed by atoms with Crippen LogP contribution in [0.1, 0.15) is 51.2 Å². The molecule has 0 aromatic heterocycles. The van der Waals surface area contributed by atoms with E-state index in [0.29, 0.717) is 17.7 Å². The van der Waals surface area contributed by atoms with Crippen molar-refractivity contribution in [3.8, 4) is 0 Å². The van der Waals surface area contributed by atoms with E-state index in [1.54, 1.807) is 12.1 Å². The van der Waals surface area contributed by atoms with E-state index < -0.39 is 23.5 Å². The fourth-order valence-corrected chi connectivity index (χ4v) is 2.35. The number of rotatable bonds is 7. The van der Waals surface area contributed by atoms with Crippen molar-refractivity contribution in [1.29, 1.82) is 0 Å². The van der Waals surface area contributed by atoms with Gasteiger partial charge in [-0.1, -0.05) is 31.9 Å². The first kappa shape index (κ1) is 19.1. The fourth-order valence-electron chi connectivity index (χ4n) is 2.35. The summed E-state index contributed by atoms with van der Waals surface area (Å²) in [6.07, 6.45) is 4.39. The maximum absolute atomic E-state index is 14.2. The lowest BCUT2D eigenvalue weighted by Crippen LogP contribution is -2.41. The second kappa shape index (κ2) is 8.25. The van der Waals surface area contributed by atoms with E-state index in [2.05, 4.69) is 6.92 Å². The van der Waals surface area contributed by atoms with E-state index in [1.165, 1.54) is 26.0 Å². The van der Waals surface area contributed by atoms with Gasteiger partial charge in [0.1, 0.15) is 11.4 Å². The largest absolute Gasteiger partial charge is 0.419 e. The first-order chi connectivity index (χ1) is 11.8. The van der Waals surface area contributed by atoms with Gasteiger partial charge < -0.3 is 14.2 Å². The number of ether oxygens (including phenoxy) is 3. The van der Waals surface area contributed by atoms with E-state index >= 15 is 0 Å². The highest BCUT2D eigenvalue weighted by atomic mass is 19.1. The zero-order valence-electron chi connectivity index (χ0n) is 14.8. The second-order valence-electron chi connectivity index (χ2n) is 6.35. The first-order valence-corrected chi connectivity index (χ1v) is 8.37. The molecule has 136 valence electrons. The molecule has 0 radical (unpaired) electrons. The number of halogens is 1. The Morgan fingerprint density at radius 2 is 1.84 bits per heavy atom. The normalized spacial score (nSPS) is 16.4. The molecule has 0 saturated carbocycles. The summed E-state index contributed by atoms with van der Waals surface area (Å²) in [5, 5.41) is 0. The van der Waals surface area contributed by atoms with Crippen LogP contribution in [0.2, 0.25) is 0 Å². The molecule has 0 spiro atoms. The van der Waals surface area contributed by atoms with Crippen LogP contribution in [-0.4, -0.2) is 24.3 Å². The molecule has 1 aliphatic rings. The van der Waals surface area contributed by atoms with E-state index in [0.717, 1.165) is 19.3 Å². The average molecular weight is 350 g/mol. The molecule has 1 saturated heterocycles. The lowest BCUT2D eigenvalue weighted by atomic mass is 10.1. The predicted molar refractivity (Wildman–Crippen MR) is 89.8 cm³/mol. The molecule has 0 atom stereocenters. The quantitative estimate of drug-likeness (QED) is 0.324. The molecule has 1 fully saturated rings. The monoisotopic (exact) mass is 350 g/mol. The molecule has 1 aliphatic heterocycles.